The number of anilines is 2. The Morgan fingerprint density at radius 2 is 2.08 bits per heavy atom. The molecule has 2 aromatic rings. The monoisotopic (exact) mass is 168 g/mol. The summed E-state index contributed by atoms with van der Waals surface area (Å²) in [6.45, 7) is 0. The molecule has 0 saturated carbocycles. The van der Waals surface area contributed by atoms with Crippen molar-refractivity contribution >= 4 is 11.8 Å². The molecule has 0 saturated heterocycles. The Morgan fingerprint density at radius 1 is 1.25 bits per heavy atom. The minimum Gasteiger partial charge on any atom is -0.381 e. The van der Waals surface area contributed by atoms with Crippen LogP contribution < -0.4 is 11.5 Å². The maximum Gasteiger partial charge on any atom is 0.215 e. The first-order chi connectivity index (χ1) is 5.79. The molecule has 0 aromatic carbocycles. The number of rotatable bonds is 0. The summed E-state index contributed by atoms with van der Waals surface area (Å²) in [5.74, 6) is 0.782. The van der Waals surface area contributed by atoms with Gasteiger partial charge in [0.2, 0.25) is 5.95 Å². The predicted molar refractivity (Wildman–Crippen MR) is 41.6 cm³/mol. The number of nitrogens with one attached hydrogen (secondary N) is 2. The van der Waals surface area contributed by atoms with E-state index >= 15 is 0 Å². The molecule has 6 N–H and O–H groups in total. The molecule has 8 heteroatoms. The number of hydrogen-bond donors (Lipinski definition) is 4. The van der Waals surface area contributed by atoms with E-state index < -0.39 is 0 Å². The number of aromatic amines is 2. The highest BCUT2D eigenvalue weighted by Gasteiger charge is 1.77. The van der Waals surface area contributed by atoms with Crippen molar-refractivity contribution in [2.45, 2.75) is 0 Å². The van der Waals surface area contributed by atoms with Gasteiger partial charge in [0.05, 0.1) is 6.20 Å². The van der Waals surface area contributed by atoms with Crippen molar-refractivity contribution in [1.82, 2.24) is 30.6 Å². The van der Waals surface area contributed by atoms with Gasteiger partial charge in [-0.25, -0.2) is 10.1 Å². The fourth-order valence-electron chi connectivity index (χ4n) is 0.425. The molecule has 12 heavy (non-hydrogen) atoms. The van der Waals surface area contributed by atoms with Crippen molar-refractivity contribution < 1.29 is 0 Å². The number of nitrogens with zero attached hydrogens (tertiary/aromatic N) is 4. The fourth-order valence-corrected chi connectivity index (χ4v) is 0.425. The molecule has 0 aliphatic heterocycles. The molecule has 0 spiro atoms. The first kappa shape index (κ1) is 7.98. The van der Waals surface area contributed by atoms with E-state index in [0.29, 0.717) is 11.8 Å². The van der Waals surface area contributed by atoms with E-state index in [1.165, 1.54) is 12.5 Å². The van der Waals surface area contributed by atoms with E-state index in [-0.39, 0.29) is 0 Å². The number of nitrogens with two attached hydrogens (primary N) is 2. The minimum absolute atomic E-state index is 0.356. The lowest BCUT2D eigenvalue weighted by Gasteiger charge is -1.68. The van der Waals surface area contributed by atoms with Gasteiger partial charge in [-0.3, -0.25) is 0 Å². The van der Waals surface area contributed by atoms with Crippen LogP contribution in [-0.4, -0.2) is 30.6 Å². The Bertz CT molecular complexity index is 250. The highest BCUT2D eigenvalue weighted by molar-refractivity contribution is 5.18. The van der Waals surface area contributed by atoms with Crippen LogP contribution in [0.2, 0.25) is 0 Å². The summed E-state index contributed by atoms with van der Waals surface area (Å²) < 4.78 is 0. The van der Waals surface area contributed by atoms with Crippen molar-refractivity contribution in [3.63, 3.8) is 0 Å². The molecule has 0 radical (unpaired) electrons. The summed E-state index contributed by atoms with van der Waals surface area (Å²) in [4.78, 5) is 3.53. The smallest absolute Gasteiger partial charge is 0.215 e. The molecule has 8 nitrogen and oxygen atoms in total. The quantitative estimate of drug-likeness (QED) is 0.389. The zero-order valence-electron chi connectivity index (χ0n) is 6.10. The minimum atomic E-state index is 0.356. The Hall–Kier alpha value is -2.12. The molecule has 64 valence electrons. The van der Waals surface area contributed by atoms with E-state index in [0.717, 1.165) is 0 Å². The lowest BCUT2D eigenvalue weighted by molar-refractivity contribution is 0.943. The molecule has 0 amide bonds. The van der Waals surface area contributed by atoms with Gasteiger partial charge < -0.3 is 11.5 Å². The van der Waals surface area contributed by atoms with E-state index in [1.807, 2.05) is 0 Å². The predicted octanol–water partition coefficient (Wildman–Crippen LogP) is -1.23. The highest BCUT2D eigenvalue weighted by Crippen LogP contribution is 1.81. The SMILES string of the molecule is Nc1cn[nH]n1.Nc1ncn[nH]1. The lowest BCUT2D eigenvalue weighted by Crippen LogP contribution is -1.84. The number of nitrogen functional groups attached to an aromatic ring is 2. The van der Waals surface area contributed by atoms with Crippen LogP contribution in [0.4, 0.5) is 11.8 Å². The third-order valence-corrected chi connectivity index (χ3v) is 0.867. The molecular weight excluding hydrogens is 160 g/mol. The lowest BCUT2D eigenvalue weighted by atomic mass is 10.8. The van der Waals surface area contributed by atoms with Gasteiger partial charge in [0.1, 0.15) is 6.33 Å². The Labute approximate surface area is 67.4 Å². The highest BCUT2D eigenvalue weighted by atomic mass is 15.3. The average molecular weight is 168 g/mol. The normalized spacial score (nSPS) is 8.67. The zero-order valence-corrected chi connectivity index (χ0v) is 6.10. The van der Waals surface area contributed by atoms with Crippen LogP contribution >= 0.6 is 0 Å². The third-order valence-electron chi connectivity index (χ3n) is 0.867. The molecule has 2 rings (SSSR count). The number of aromatic nitrogens is 6. The second-order valence-electron chi connectivity index (χ2n) is 1.77. The van der Waals surface area contributed by atoms with Crippen LogP contribution in [0.3, 0.4) is 0 Å². The summed E-state index contributed by atoms with van der Waals surface area (Å²) >= 11 is 0. The number of hydrogen-bond acceptors (Lipinski definition) is 6. The van der Waals surface area contributed by atoms with E-state index in [9.17, 15) is 0 Å². The van der Waals surface area contributed by atoms with Crippen LogP contribution in [-0.2, 0) is 0 Å². The largest absolute Gasteiger partial charge is 0.381 e. The van der Waals surface area contributed by atoms with Crippen molar-refractivity contribution in [2.24, 2.45) is 0 Å². The first-order valence-corrected chi connectivity index (χ1v) is 3.01. The molecular formula is C4H8N8. The zero-order chi connectivity index (χ0) is 8.81. The summed E-state index contributed by atoms with van der Waals surface area (Å²) in [7, 11) is 0. The summed E-state index contributed by atoms with van der Waals surface area (Å²) in [6, 6.07) is 0. The topological polar surface area (TPSA) is 135 Å². The molecule has 0 atom stereocenters. The summed E-state index contributed by atoms with van der Waals surface area (Å²) in [6.07, 6.45) is 2.80. The van der Waals surface area contributed by atoms with Crippen molar-refractivity contribution in [1.29, 1.82) is 0 Å². The third kappa shape index (κ3) is 2.64. The standard InChI is InChI=1S/2C2H4N4/c3-2-4-1-5-6-2;3-2-1-4-6-5-2/h2*1H,(H3,3,4,5,6). The maximum atomic E-state index is 5.07. The van der Waals surface area contributed by atoms with Crippen LogP contribution in [0.25, 0.3) is 0 Å². The number of H-pyrrole nitrogens is 2. The van der Waals surface area contributed by atoms with Gasteiger partial charge in [0.15, 0.2) is 5.82 Å². The molecule has 0 fully saturated rings. The molecule has 0 unspecified atom stereocenters. The van der Waals surface area contributed by atoms with E-state index in [4.69, 9.17) is 11.5 Å². The summed E-state index contributed by atoms with van der Waals surface area (Å²) in [5, 5.41) is 15.1. The average Bonchev–Trinajstić information content (AvgIpc) is 2.63. The van der Waals surface area contributed by atoms with Crippen molar-refractivity contribution in [3.05, 3.63) is 12.5 Å². The van der Waals surface area contributed by atoms with Crippen LogP contribution in [0, 0.1) is 0 Å². The van der Waals surface area contributed by atoms with E-state index in [2.05, 4.69) is 30.6 Å². The molecule has 2 aromatic heterocycles. The fraction of sp³-hybridized carbons (Fsp3) is 0. The van der Waals surface area contributed by atoms with Gasteiger partial charge in [0, 0.05) is 0 Å². The first-order valence-electron chi connectivity index (χ1n) is 3.01. The van der Waals surface area contributed by atoms with Crippen LogP contribution in [0.15, 0.2) is 12.5 Å². The second-order valence-corrected chi connectivity index (χ2v) is 1.77. The maximum absolute atomic E-state index is 5.07. The van der Waals surface area contributed by atoms with Crippen LogP contribution in [0.5, 0.6) is 0 Å². The van der Waals surface area contributed by atoms with Gasteiger partial charge in [-0.15, -0.1) is 5.10 Å². The Balaban J connectivity index is 0.000000120. The Morgan fingerprint density at radius 3 is 2.25 bits per heavy atom. The van der Waals surface area contributed by atoms with Crippen molar-refractivity contribution in [3.8, 4) is 0 Å². The molecule has 0 aliphatic rings. The van der Waals surface area contributed by atoms with Crippen molar-refractivity contribution in [2.75, 3.05) is 11.5 Å². The van der Waals surface area contributed by atoms with Gasteiger partial charge >= 0.3 is 0 Å². The molecule has 2 heterocycles. The van der Waals surface area contributed by atoms with Gasteiger partial charge in [0.25, 0.3) is 0 Å². The van der Waals surface area contributed by atoms with E-state index in [1.54, 1.807) is 0 Å². The van der Waals surface area contributed by atoms with Gasteiger partial charge in [-0.1, -0.05) is 0 Å². The second kappa shape index (κ2) is 3.91. The molecule has 0 aliphatic carbocycles. The van der Waals surface area contributed by atoms with Crippen LogP contribution in [0.1, 0.15) is 0 Å². The van der Waals surface area contributed by atoms with Gasteiger partial charge in [-0.05, 0) is 0 Å². The molecule has 0 bridgehead atoms. The summed E-state index contributed by atoms with van der Waals surface area (Å²) in [5.41, 5.74) is 10.1. The van der Waals surface area contributed by atoms with Gasteiger partial charge in [-0.2, -0.15) is 15.4 Å². The Kier molecular flexibility index (Phi) is 2.60.